The molecule has 0 spiro atoms. The van der Waals surface area contributed by atoms with Crippen molar-refractivity contribution in [3.8, 4) is 11.5 Å². The second kappa shape index (κ2) is 7.17. The van der Waals surface area contributed by atoms with Crippen molar-refractivity contribution in [3.05, 3.63) is 24.3 Å². The van der Waals surface area contributed by atoms with Crippen LogP contribution in [0.3, 0.4) is 0 Å². The van der Waals surface area contributed by atoms with Gasteiger partial charge < -0.3 is 14.6 Å². The van der Waals surface area contributed by atoms with E-state index in [2.05, 4.69) is 6.92 Å². The smallest absolute Gasteiger partial charge is 0.119 e. The third-order valence-corrected chi connectivity index (χ3v) is 2.49. The van der Waals surface area contributed by atoms with E-state index < -0.39 is 6.10 Å². The van der Waals surface area contributed by atoms with Gasteiger partial charge in [-0.25, -0.2) is 0 Å². The molecule has 1 aromatic carbocycles. The maximum Gasteiger partial charge on any atom is 0.119 e. The lowest BCUT2D eigenvalue weighted by Crippen LogP contribution is -2.23. The third-order valence-electron chi connectivity index (χ3n) is 2.49. The summed E-state index contributed by atoms with van der Waals surface area (Å²) in [6.07, 6.45) is 0.574. The Bertz CT molecular complexity index is 306. The van der Waals surface area contributed by atoms with Crippen molar-refractivity contribution in [1.29, 1.82) is 0 Å². The molecule has 1 aromatic rings. The molecule has 1 rings (SSSR count). The van der Waals surface area contributed by atoms with Crippen LogP contribution in [0.25, 0.3) is 0 Å². The largest absolute Gasteiger partial charge is 0.494 e. The second-order valence-corrected chi connectivity index (χ2v) is 4.44. The lowest BCUT2D eigenvalue weighted by molar-refractivity contribution is 0.0701. The summed E-state index contributed by atoms with van der Waals surface area (Å²) < 4.78 is 11.0. The van der Waals surface area contributed by atoms with Crippen molar-refractivity contribution in [2.24, 2.45) is 5.92 Å². The van der Waals surface area contributed by atoms with Crippen molar-refractivity contribution in [1.82, 2.24) is 0 Å². The summed E-state index contributed by atoms with van der Waals surface area (Å²) in [6, 6.07) is 7.48. The molecule has 96 valence electrons. The molecule has 17 heavy (non-hydrogen) atoms. The van der Waals surface area contributed by atoms with Crippen molar-refractivity contribution in [3.63, 3.8) is 0 Å². The summed E-state index contributed by atoms with van der Waals surface area (Å²) in [7, 11) is 0. The summed E-state index contributed by atoms with van der Waals surface area (Å²) in [5.74, 6) is 1.82. The standard InChI is InChI=1S/C14H22O3/c1-4-9-16-12-5-7-13(8-6-12)17-10-14(15)11(2)3/h5-8,11,14-15H,4,9-10H2,1-3H3. The summed E-state index contributed by atoms with van der Waals surface area (Å²) in [5, 5.41) is 9.61. The first-order valence-corrected chi connectivity index (χ1v) is 6.17. The number of aliphatic hydroxyl groups is 1. The Morgan fingerprint density at radius 2 is 1.59 bits per heavy atom. The third kappa shape index (κ3) is 5.09. The minimum absolute atomic E-state index is 0.210. The molecular formula is C14H22O3. The molecule has 0 bridgehead atoms. The Kier molecular flexibility index (Phi) is 5.84. The predicted octanol–water partition coefficient (Wildman–Crippen LogP) is 2.87. The molecule has 3 nitrogen and oxygen atoms in total. The van der Waals surface area contributed by atoms with Crippen molar-refractivity contribution < 1.29 is 14.6 Å². The van der Waals surface area contributed by atoms with E-state index in [1.807, 2.05) is 38.1 Å². The summed E-state index contributed by atoms with van der Waals surface area (Å²) in [4.78, 5) is 0. The van der Waals surface area contributed by atoms with Gasteiger partial charge in [0.2, 0.25) is 0 Å². The highest BCUT2D eigenvalue weighted by molar-refractivity contribution is 5.31. The van der Waals surface area contributed by atoms with Crippen LogP contribution in [-0.2, 0) is 0 Å². The number of hydrogen-bond acceptors (Lipinski definition) is 3. The van der Waals surface area contributed by atoms with Crippen LogP contribution in [0.5, 0.6) is 11.5 Å². The highest BCUT2D eigenvalue weighted by Gasteiger charge is 2.09. The molecule has 0 aliphatic carbocycles. The molecule has 0 aliphatic rings. The lowest BCUT2D eigenvalue weighted by Gasteiger charge is -2.15. The fourth-order valence-corrected chi connectivity index (χ4v) is 1.23. The molecule has 0 fully saturated rings. The first kappa shape index (κ1) is 13.8. The monoisotopic (exact) mass is 238 g/mol. The molecular weight excluding hydrogens is 216 g/mol. The average Bonchev–Trinajstić information content (AvgIpc) is 2.34. The number of hydrogen-bond donors (Lipinski definition) is 1. The van der Waals surface area contributed by atoms with Gasteiger partial charge >= 0.3 is 0 Å². The molecule has 1 atom stereocenters. The van der Waals surface area contributed by atoms with Gasteiger partial charge in [0.15, 0.2) is 0 Å². The minimum Gasteiger partial charge on any atom is -0.494 e. The maximum absolute atomic E-state index is 9.61. The van der Waals surface area contributed by atoms with E-state index in [0.29, 0.717) is 6.61 Å². The lowest BCUT2D eigenvalue weighted by atomic mass is 10.1. The SMILES string of the molecule is CCCOc1ccc(OCC(O)C(C)C)cc1. The topological polar surface area (TPSA) is 38.7 Å². The van der Waals surface area contributed by atoms with Gasteiger partial charge in [-0.1, -0.05) is 20.8 Å². The highest BCUT2D eigenvalue weighted by atomic mass is 16.5. The van der Waals surface area contributed by atoms with E-state index in [9.17, 15) is 5.11 Å². The molecule has 0 saturated heterocycles. The normalized spacial score (nSPS) is 12.5. The maximum atomic E-state index is 9.61. The van der Waals surface area contributed by atoms with E-state index >= 15 is 0 Å². The molecule has 0 aliphatic heterocycles. The Hall–Kier alpha value is -1.22. The van der Waals surface area contributed by atoms with Crippen molar-refractivity contribution in [2.45, 2.75) is 33.3 Å². The molecule has 0 radical (unpaired) electrons. The zero-order chi connectivity index (χ0) is 12.7. The van der Waals surface area contributed by atoms with Crippen LogP contribution in [0, 0.1) is 5.92 Å². The molecule has 3 heteroatoms. The zero-order valence-corrected chi connectivity index (χ0v) is 10.8. The van der Waals surface area contributed by atoms with Crippen molar-refractivity contribution in [2.75, 3.05) is 13.2 Å². The van der Waals surface area contributed by atoms with Crippen LogP contribution in [0.15, 0.2) is 24.3 Å². The molecule has 0 aromatic heterocycles. The molecule has 0 amide bonds. The summed E-state index contributed by atoms with van der Waals surface area (Å²) in [6.45, 7) is 7.06. The Balaban J connectivity index is 2.40. The van der Waals surface area contributed by atoms with E-state index in [4.69, 9.17) is 9.47 Å². The first-order chi connectivity index (χ1) is 8.13. The van der Waals surface area contributed by atoms with Gasteiger partial charge in [-0.3, -0.25) is 0 Å². The number of ether oxygens (including phenoxy) is 2. The average molecular weight is 238 g/mol. The molecule has 1 N–H and O–H groups in total. The number of aliphatic hydroxyl groups excluding tert-OH is 1. The van der Waals surface area contributed by atoms with Gasteiger partial charge in [-0.2, -0.15) is 0 Å². The summed E-state index contributed by atoms with van der Waals surface area (Å²) >= 11 is 0. The predicted molar refractivity (Wildman–Crippen MR) is 68.6 cm³/mol. The van der Waals surface area contributed by atoms with Crippen LogP contribution in [0.1, 0.15) is 27.2 Å². The molecule has 0 heterocycles. The van der Waals surface area contributed by atoms with Gasteiger partial charge in [0.25, 0.3) is 0 Å². The van der Waals surface area contributed by atoms with E-state index in [1.165, 1.54) is 0 Å². The molecule has 1 unspecified atom stereocenters. The van der Waals surface area contributed by atoms with Crippen LogP contribution >= 0.6 is 0 Å². The Labute approximate surface area is 103 Å². The van der Waals surface area contributed by atoms with E-state index in [1.54, 1.807) is 0 Å². The fourth-order valence-electron chi connectivity index (χ4n) is 1.23. The Morgan fingerprint density at radius 3 is 2.06 bits per heavy atom. The van der Waals surface area contributed by atoms with Crippen LogP contribution in [-0.4, -0.2) is 24.4 Å². The van der Waals surface area contributed by atoms with Crippen LogP contribution < -0.4 is 9.47 Å². The number of rotatable bonds is 7. The van der Waals surface area contributed by atoms with Crippen molar-refractivity contribution >= 4 is 0 Å². The molecule has 0 saturated carbocycles. The summed E-state index contributed by atoms with van der Waals surface area (Å²) in [5.41, 5.74) is 0. The van der Waals surface area contributed by atoms with Gasteiger partial charge in [0, 0.05) is 0 Å². The minimum atomic E-state index is -0.425. The Morgan fingerprint density at radius 1 is 1.06 bits per heavy atom. The second-order valence-electron chi connectivity index (χ2n) is 4.44. The highest BCUT2D eigenvalue weighted by Crippen LogP contribution is 2.18. The van der Waals surface area contributed by atoms with E-state index in [-0.39, 0.29) is 5.92 Å². The zero-order valence-electron chi connectivity index (χ0n) is 10.8. The van der Waals surface area contributed by atoms with E-state index in [0.717, 1.165) is 24.5 Å². The van der Waals surface area contributed by atoms with Crippen LogP contribution in [0.2, 0.25) is 0 Å². The fraction of sp³-hybridized carbons (Fsp3) is 0.571. The van der Waals surface area contributed by atoms with Gasteiger partial charge in [-0.15, -0.1) is 0 Å². The van der Waals surface area contributed by atoms with Gasteiger partial charge in [0.05, 0.1) is 12.7 Å². The van der Waals surface area contributed by atoms with Crippen LogP contribution in [0.4, 0.5) is 0 Å². The quantitative estimate of drug-likeness (QED) is 0.794. The van der Waals surface area contributed by atoms with Gasteiger partial charge in [-0.05, 0) is 36.6 Å². The first-order valence-electron chi connectivity index (χ1n) is 6.17. The number of benzene rings is 1. The van der Waals surface area contributed by atoms with Gasteiger partial charge in [0.1, 0.15) is 18.1 Å².